The highest BCUT2D eigenvalue weighted by molar-refractivity contribution is 6.35. The van der Waals surface area contributed by atoms with Crippen LogP contribution in [-0.2, 0) is 4.74 Å². The number of benzene rings is 1. The Balaban J connectivity index is 1.81. The van der Waals surface area contributed by atoms with Gasteiger partial charge in [0.2, 0.25) is 0 Å². The first-order valence-electron chi connectivity index (χ1n) is 7.20. The average Bonchev–Trinajstić information content (AvgIpc) is 2.50. The fraction of sp³-hybridized carbons (Fsp3) is 0.438. The Morgan fingerprint density at radius 1 is 1.38 bits per heavy atom. The number of nitrogens with zero attached hydrogens (tertiary/aromatic N) is 1. The van der Waals surface area contributed by atoms with Gasteiger partial charge in [0.05, 0.1) is 11.1 Å². The van der Waals surface area contributed by atoms with Crippen molar-refractivity contribution in [1.29, 1.82) is 0 Å². The van der Waals surface area contributed by atoms with Crippen molar-refractivity contribution in [2.75, 3.05) is 6.61 Å². The number of pyridine rings is 1. The standard InChI is InChI=1S/C16H18ClNO3/c1-2-8-20-16-12(19)9-14(16)21-13-6-5-11(17)10-4-3-7-18-15(10)13/h3-7,12,14,16,19H,2,8-9H2,1H3. The zero-order valence-corrected chi connectivity index (χ0v) is 12.6. The van der Waals surface area contributed by atoms with Crippen molar-refractivity contribution in [3.8, 4) is 5.75 Å². The number of hydrogen-bond donors (Lipinski definition) is 1. The van der Waals surface area contributed by atoms with Gasteiger partial charge < -0.3 is 14.6 Å². The van der Waals surface area contributed by atoms with Crippen molar-refractivity contribution in [2.45, 2.75) is 38.1 Å². The molecule has 1 aliphatic rings. The first-order valence-corrected chi connectivity index (χ1v) is 7.58. The summed E-state index contributed by atoms with van der Waals surface area (Å²) in [4.78, 5) is 4.35. The number of aliphatic hydroxyl groups excluding tert-OH is 1. The molecule has 5 heteroatoms. The molecule has 0 bridgehead atoms. The zero-order chi connectivity index (χ0) is 14.8. The maximum atomic E-state index is 9.80. The molecule has 0 aliphatic heterocycles. The van der Waals surface area contributed by atoms with Gasteiger partial charge in [0, 0.05) is 24.6 Å². The monoisotopic (exact) mass is 307 g/mol. The van der Waals surface area contributed by atoms with Gasteiger partial charge in [-0.25, -0.2) is 0 Å². The first-order chi connectivity index (χ1) is 10.2. The Morgan fingerprint density at radius 3 is 3.00 bits per heavy atom. The van der Waals surface area contributed by atoms with Crippen LogP contribution in [0.4, 0.5) is 0 Å². The third-order valence-electron chi connectivity index (χ3n) is 3.69. The van der Waals surface area contributed by atoms with Crippen molar-refractivity contribution < 1.29 is 14.6 Å². The fourth-order valence-electron chi connectivity index (χ4n) is 2.52. The van der Waals surface area contributed by atoms with E-state index in [-0.39, 0.29) is 12.2 Å². The molecule has 3 atom stereocenters. The summed E-state index contributed by atoms with van der Waals surface area (Å²) >= 11 is 6.17. The topological polar surface area (TPSA) is 51.6 Å². The number of fused-ring (bicyclic) bond motifs is 1. The summed E-state index contributed by atoms with van der Waals surface area (Å²) in [5, 5.41) is 11.3. The quantitative estimate of drug-likeness (QED) is 0.921. The van der Waals surface area contributed by atoms with Gasteiger partial charge in [-0.05, 0) is 30.7 Å². The van der Waals surface area contributed by atoms with Gasteiger partial charge in [0.15, 0.2) is 0 Å². The van der Waals surface area contributed by atoms with Crippen LogP contribution in [0.25, 0.3) is 10.9 Å². The Bertz CT molecular complexity index is 634. The van der Waals surface area contributed by atoms with Gasteiger partial charge in [-0.2, -0.15) is 0 Å². The van der Waals surface area contributed by atoms with Crippen LogP contribution in [0, 0.1) is 0 Å². The molecule has 0 spiro atoms. The molecule has 3 rings (SSSR count). The van der Waals surface area contributed by atoms with E-state index in [9.17, 15) is 5.11 Å². The van der Waals surface area contributed by atoms with Gasteiger partial charge in [-0.1, -0.05) is 18.5 Å². The molecule has 1 saturated carbocycles. The third-order valence-corrected chi connectivity index (χ3v) is 4.02. The number of aliphatic hydroxyl groups is 1. The fourth-order valence-corrected chi connectivity index (χ4v) is 2.73. The highest BCUT2D eigenvalue weighted by atomic mass is 35.5. The van der Waals surface area contributed by atoms with Crippen molar-refractivity contribution in [3.63, 3.8) is 0 Å². The van der Waals surface area contributed by atoms with Gasteiger partial charge in [0.1, 0.15) is 23.5 Å². The summed E-state index contributed by atoms with van der Waals surface area (Å²) in [5.74, 6) is 0.678. The van der Waals surface area contributed by atoms with Crippen LogP contribution in [0.15, 0.2) is 30.5 Å². The van der Waals surface area contributed by atoms with E-state index >= 15 is 0 Å². The predicted octanol–water partition coefficient (Wildman–Crippen LogP) is 3.20. The lowest BCUT2D eigenvalue weighted by molar-refractivity contribution is -0.162. The van der Waals surface area contributed by atoms with Gasteiger partial charge in [0.25, 0.3) is 0 Å². The summed E-state index contributed by atoms with van der Waals surface area (Å²) in [5.41, 5.74) is 0.737. The number of rotatable bonds is 5. The Morgan fingerprint density at radius 2 is 2.24 bits per heavy atom. The molecule has 0 saturated heterocycles. The molecule has 1 aliphatic carbocycles. The molecule has 1 heterocycles. The Hall–Kier alpha value is -1.36. The molecule has 3 unspecified atom stereocenters. The second-order valence-corrected chi connectivity index (χ2v) is 5.65. The zero-order valence-electron chi connectivity index (χ0n) is 11.8. The maximum absolute atomic E-state index is 9.80. The lowest BCUT2D eigenvalue weighted by Gasteiger charge is -2.40. The molecular weight excluding hydrogens is 290 g/mol. The predicted molar refractivity (Wildman–Crippen MR) is 81.8 cm³/mol. The largest absolute Gasteiger partial charge is 0.485 e. The minimum atomic E-state index is -0.451. The van der Waals surface area contributed by atoms with Crippen LogP contribution < -0.4 is 4.74 Å². The molecule has 4 nitrogen and oxygen atoms in total. The van der Waals surface area contributed by atoms with Crippen LogP contribution in [0.3, 0.4) is 0 Å². The van der Waals surface area contributed by atoms with Crippen molar-refractivity contribution in [1.82, 2.24) is 4.98 Å². The summed E-state index contributed by atoms with van der Waals surface area (Å²) in [6.07, 6.45) is 2.35. The number of halogens is 1. The van der Waals surface area contributed by atoms with Crippen molar-refractivity contribution >= 4 is 22.5 Å². The Kier molecular flexibility index (Phi) is 4.29. The maximum Gasteiger partial charge on any atom is 0.146 e. The van der Waals surface area contributed by atoms with E-state index in [1.165, 1.54) is 0 Å². The highest BCUT2D eigenvalue weighted by Crippen LogP contribution is 2.34. The van der Waals surface area contributed by atoms with E-state index in [2.05, 4.69) is 4.98 Å². The van der Waals surface area contributed by atoms with Crippen molar-refractivity contribution in [3.05, 3.63) is 35.5 Å². The van der Waals surface area contributed by atoms with Crippen LogP contribution in [0.1, 0.15) is 19.8 Å². The van der Waals surface area contributed by atoms with Crippen LogP contribution in [0.5, 0.6) is 5.75 Å². The molecule has 1 aromatic carbocycles. The summed E-state index contributed by atoms with van der Waals surface area (Å²) in [7, 11) is 0. The lowest BCUT2D eigenvalue weighted by atomic mass is 9.88. The molecule has 1 fully saturated rings. The second kappa shape index (κ2) is 6.18. The van der Waals surface area contributed by atoms with Crippen LogP contribution in [0.2, 0.25) is 5.02 Å². The summed E-state index contributed by atoms with van der Waals surface area (Å²) in [6, 6.07) is 7.38. The van der Waals surface area contributed by atoms with Crippen LogP contribution >= 0.6 is 11.6 Å². The van der Waals surface area contributed by atoms with E-state index < -0.39 is 6.10 Å². The van der Waals surface area contributed by atoms with E-state index in [1.807, 2.05) is 25.1 Å². The average molecular weight is 308 g/mol. The third kappa shape index (κ3) is 2.84. The molecule has 112 valence electrons. The van der Waals surface area contributed by atoms with E-state index in [4.69, 9.17) is 21.1 Å². The molecule has 1 N–H and O–H groups in total. The van der Waals surface area contributed by atoms with E-state index in [1.54, 1.807) is 12.3 Å². The molecule has 2 aromatic rings. The normalized spacial score (nSPS) is 24.8. The van der Waals surface area contributed by atoms with Gasteiger partial charge >= 0.3 is 0 Å². The van der Waals surface area contributed by atoms with E-state index in [0.29, 0.717) is 23.8 Å². The first kappa shape index (κ1) is 14.6. The smallest absolute Gasteiger partial charge is 0.146 e. The SMILES string of the molecule is CCCOC1C(O)CC1Oc1ccc(Cl)c2cccnc12. The summed E-state index contributed by atoms with van der Waals surface area (Å²) < 4.78 is 11.6. The number of aromatic nitrogens is 1. The number of hydrogen-bond acceptors (Lipinski definition) is 4. The second-order valence-electron chi connectivity index (χ2n) is 5.24. The van der Waals surface area contributed by atoms with Gasteiger partial charge in [-0.15, -0.1) is 0 Å². The summed E-state index contributed by atoms with van der Waals surface area (Å²) in [6.45, 7) is 2.67. The van der Waals surface area contributed by atoms with Crippen LogP contribution in [-0.4, -0.2) is 35.0 Å². The Labute approximate surface area is 128 Å². The minimum absolute atomic E-state index is 0.141. The molecule has 0 amide bonds. The highest BCUT2D eigenvalue weighted by Gasteiger charge is 2.43. The molecular formula is C16H18ClNO3. The lowest BCUT2D eigenvalue weighted by Crippen LogP contribution is -2.55. The van der Waals surface area contributed by atoms with E-state index in [0.717, 1.165) is 17.3 Å². The molecule has 0 radical (unpaired) electrons. The molecule has 1 aromatic heterocycles. The minimum Gasteiger partial charge on any atom is -0.485 e. The number of ether oxygens (including phenoxy) is 2. The van der Waals surface area contributed by atoms with Gasteiger partial charge in [-0.3, -0.25) is 4.98 Å². The van der Waals surface area contributed by atoms with Crippen molar-refractivity contribution in [2.24, 2.45) is 0 Å². The molecule has 21 heavy (non-hydrogen) atoms.